The molecule has 0 amide bonds. The van der Waals surface area contributed by atoms with Gasteiger partial charge >= 0.3 is 17.9 Å². The first-order valence-corrected chi connectivity index (χ1v) is 26.4. The van der Waals surface area contributed by atoms with Gasteiger partial charge in [-0.3, -0.25) is 14.4 Å². The van der Waals surface area contributed by atoms with Gasteiger partial charge in [-0.1, -0.05) is 222 Å². The lowest BCUT2D eigenvalue weighted by atomic mass is 10.0. The Bertz CT molecular complexity index is 1190. The molecular formula is C57H98O6. The second-order valence-corrected chi connectivity index (χ2v) is 17.4. The monoisotopic (exact) mass is 879 g/mol. The van der Waals surface area contributed by atoms with Gasteiger partial charge in [0, 0.05) is 19.3 Å². The average molecular weight is 879 g/mol. The first-order valence-electron chi connectivity index (χ1n) is 26.4. The fourth-order valence-electron chi connectivity index (χ4n) is 7.24. The van der Waals surface area contributed by atoms with E-state index in [1.807, 2.05) is 0 Å². The number of esters is 3. The van der Waals surface area contributed by atoms with E-state index in [4.69, 9.17) is 14.2 Å². The molecule has 362 valence electrons. The van der Waals surface area contributed by atoms with E-state index in [1.165, 1.54) is 109 Å². The molecular weight excluding hydrogens is 781 g/mol. The number of ether oxygens (including phenoxy) is 3. The lowest BCUT2D eigenvalue weighted by Gasteiger charge is -2.18. The Morgan fingerprint density at radius 1 is 0.333 bits per heavy atom. The van der Waals surface area contributed by atoms with Gasteiger partial charge in [0.15, 0.2) is 6.10 Å². The van der Waals surface area contributed by atoms with Crippen LogP contribution in [0.25, 0.3) is 0 Å². The summed E-state index contributed by atoms with van der Waals surface area (Å²) in [7, 11) is 0. The summed E-state index contributed by atoms with van der Waals surface area (Å²) in [6, 6.07) is 0. The molecule has 0 aromatic heterocycles. The summed E-state index contributed by atoms with van der Waals surface area (Å²) in [4.78, 5) is 38.0. The van der Waals surface area contributed by atoms with Crippen LogP contribution < -0.4 is 0 Å². The van der Waals surface area contributed by atoms with Gasteiger partial charge in [-0.15, -0.1) is 0 Å². The second-order valence-electron chi connectivity index (χ2n) is 17.4. The quantitative estimate of drug-likeness (QED) is 0.0262. The SMILES string of the molecule is CC/C=C\C/C=C\CCCCCCCC(=O)OCC(COC(=O)CCC/C=C\C/C=C\C/C=C\C/C=C\CCCCC)OC(=O)CCCCCCCCCCCCCCCCCC. The highest BCUT2D eigenvalue weighted by atomic mass is 16.6. The number of rotatable bonds is 47. The van der Waals surface area contributed by atoms with Crippen molar-refractivity contribution in [3.8, 4) is 0 Å². The fourth-order valence-corrected chi connectivity index (χ4v) is 7.24. The molecule has 0 N–H and O–H groups in total. The van der Waals surface area contributed by atoms with Crippen LogP contribution in [0.4, 0.5) is 0 Å². The lowest BCUT2D eigenvalue weighted by molar-refractivity contribution is -0.167. The summed E-state index contributed by atoms with van der Waals surface area (Å²) in [6.45, 7) is 6.45. The highest BCUT2D eigenvalue weighted by Gasteiger charge is 2.19. The Morgan fingerprint density at radius 2 is 0.635 bits per heavy atom. The maximum atomic E-state index is 12.8. The van der Waals surface area contributed by atoms with Crippen LogP contribution in [0.5, 0.6) is 0 Å². The van der Waals surface area contributed by atoms with Crippen molar-refractivity contribution in [2.45, 2.75) is 258 Å². The van der Waals surface area contributed by atoms with Crippen molar-refractivity contribution in [2.75, 3.05) is 13.2 Å². The van der Waals surface area contributed by atoms with Crippen LogP contribution in [0.15, 0.2) is 72.9 Å². The molecule has 6 heteroatoms. The van der Waals surface area contributed by atoms with Gasteiger partial charge in [0.1, 0.15) is 13.2 Å². The van der Waals surface area contributed by atoms with E-state index in [0.29, 0.717) is 19.3 Å². The zero-order chi connectivity index (χ0) is 45.8. The maximum absolute atomic E-state index is 12.8. The molecule has 0 aliphatic heterocycles. The minimum atomic E-state index is -0.800. The van der Waals surface area contributed by atoms with Gasteiger partial charge in [0.05, 0.1) is 0 Å². The molecule has 0 fully saturated rings. The number of carbonyl (C=O) groups is 3. The van der Waals surface area contributed by atoms with E-state index in [1.54, 1.807) is 0 Å². The minimum Gasteiger partial charge on any atom is -0.462 e. The molecule has 0 bridgehead atoms. The zero-order valence-corrected chi connectivity index (χ0v) is 41.3. The topological polar surface area (TPSA) is 78.9 Å². The van der Waals surface area contributed by atoms with Gasteiger partial charge in [-0.2, -0.15) is 0 Å². The average Bonchev–Trinajstić information content (AvgIpc) is 3.28. The van der Waals surface area contributed by atoms with E-state index in [9.17, 15) is 14.4 Å². The van der Waals surface area contributed by atoms with Crippen LogP contribution >= 0.6 is 0 Å². The molecule has 1 atom stereocenters. The third-order valence-corrected chi connectivity index (χ3v) is 11.2. The smallest absolute Gasteiger partial charge is 0.306 e. The molecule has 63 heavy (non-hydrogen) atoms. The Kier molecular flexibility index (Phi) is 48.9. The summed E-state index contributed by atoms with van der Waals surface area (Å²) >= 11 is 0. The largest absolute Gasteiger partial charge is 0.462 e. The number of unbranched alkanes of at least 4 members (excludes halogenated alkanes) is 24. The van der Waals surface area contributed by atoms with E-state index in [0.717, 1.165) is 96.3 Å². The third-order valence-electron chi connectivity index (χ3n) is 11.2. The standard InChI is InChI=1S/C57H98O6/c1-4-7-10-13-16-19-22-25-27-29-31-32-35-38-41-44-47-50-56(59)62-53-54(52-61-55(58)49-46-43-40-37-34-24-21-18-15-12-9-6-3)63-57(60)51-48-45-42-39-36-33-30-28-26-23-20-17-14-11-8-5-2/h9,12,16,18-19,21,25,27,31-32,38,41,54H,4-8,10-11,13-15,17,20,22-24,26,28-30,33-37,39-40,42-53H2,1-3H3/b12-9-,19-16-,21-18-,27-25-,32-31-,41-38-. The van der Waals surface area contributed by atoms with Crippen LogP contribution in [0, 0.1) is 0 Å². The molecule has 0 aliphatic rings. The van der Waals surface area contributed by atoms with Crippen molar-refractivity contribution in [1.82, 2.24) is 0 Å². The highest BCUT2D eigenvalue weighted by Crippen LogP contribution is 2.15. The Morgan fingerprint density at radius 3 is 1.06 bits per heavy atom. The molecule has 0 aromatic rings. The van der Waals surface area contributed by atoms with Crippen LogP contribution in [-0.2, 0) is 28.6 Å². The molecule has 0 aromatic carbocycles. The minimum absolute atomic E-state index is 0.0984. The zero-order valence-electron chi connectivity index (χ0n) is 41.3. The van der Waals surface area contributed by atoms with Crippen molar-refractivity contribution in [3.63, 3.8) is 0 Å². The van der Waals surface area contributed by atoms with E-state index in [2.05, 4.69) is 93.7 Å². The molecule has 0 rings (SSSR count). The Labute approximate surface area is 389 Å². The van der Waals surface area contributed by atoms with E-state index >= 15 is 0 Å². The lowest BCUT2D eigenvalue weighted by Crippen LogP contribution is -2.30. The number of hydrogen-bond donors (Lipinski definition) is 0. The predicted molar refractivity (Wildman–Crippen MR) is 270 cm³/mol. The molecule has 0 radical (unpaired) electrons. The maximum Gasteiger partial charge on any atom is 0.306 e. The molecule has 0 saturated carbocycles. The summed E-state index contributed by atoms with van der Waals surface area (Å²) in [6.07, 6.45) is 64.6. The highest BCUT2D eigenvalue weighted by molar-refractivity contribution is 5.71. The van der Waals surface area contributed by atoms with Crippen molar-refractivity contribution in [1.29, 1.82) is 0 Å². The number of carbonyl (C=O) groups excluding carboxylic acids is 3. The third kappa shape index (κ3) is 49.7. The van der Waals surface area contributed by atoms with E-state index in [-0.39, 0.29) is 37.5 Å². The fraction of sp³-hybridized carbons (Fsp3) is 0.737. The van der Waals surface area contributed by atoms with Crippen LogP contribution in [0.1, 0.15) is 252 Å². The van der Waals surface area contributed by atoms with Gasteiger partial charge in [0.2, 0.25) is 0 Å². The van der Waals surface area contributed by atoms with Crippen LogP contribution in [-0.4, -0.2) is 37.2 Å². The van der Waals surface area contributed by atoms with Gasteiger partial charge < -0.3 is 14.2 Å². The first-order chi connectivity index (χ1) is 31.0. The number of allylic oxidation sites excluding steroid dienone is 12. The molecule has 0 heterocycles. The number of hydrogen-bond acceptors (Lipinski definition) is 6. The summed E-state index contributed by atoms with van der Waals surface area (Å²) in [5.74, 6) is -0.965. The van der Waals surface area contributed by atoms with Crippen molar-refractivity contribution in [2.24, 2.45) is 0 Å². The molecule has 6 nitrogen and oxygen atoms in total. The predicted octanol–water partition coefficient (Wildman–Crippen LogP) is 17.4. The normalized spacial score (nSPS) is 12.6. The Hall–Kier alpha value is -3.15. The van der Waals surface area contributed by atoms with Crippen molar-refractivity contribution in [3.05, 3.63) is 72.9 Å². The summed E-state index contributed by atoms with van der Waals surface area (Å²) in [5, 5.41) is 0. The molecule has 0 aliphatic carbocycles. The van der Waals surface area contributed by atoms with Gasteiger partial charge in [0.25, 0.3) is 0 Å². The van der Waals surface area contributed by atoms with Crippen molar-refractivity contribution < 1.29 is 28.6 Å². The van der Waals surface area contributed by atoms with Crippen LogP contribution in [0.2, 0.25) is 0 Å². The Balaban J connectivity index is 4.46. The van der Waals surface area contributed by atoms with Crippen LogP contribution in [0.3, 0.4) is 0 Å². The second kappa shape index (κ2) is 51.5. The molecule has 1 unspecified atom stereocenters. The van der Waals surface area contributed by atoms with Crippen molar-refractivity contribution >= 4 is 17.9 Å². The summed E-state index contributed by atoms with van der Waals surface area (Å²) < 4.78 is 16.7. The van der Waals surface area contributed by atoms with Gasteiger partial charge in [-0.05, 0) is 83.5 Å². The molecule has 0 spiro atoms. The summed E-state index contributed by atoms with van der Waals surface area (Å²) in [5.41, 5.74) is 0. The van der Waals surface area contributed by atoms with Gasteiger partial charge in [-0.25, -0.2) is 0 Å². The molecule has 0 saturated heterocycles. The first kappa shape index (κ1) is 59.9. The van der Waals surface area contributed by atoms with E-state index < -0.39 is 6.10 Å².